The Morgan fingerprint density at radius 3 is 2.73 bits per heavy atom. The maximum atomic E-state index is 13.6. The maximum Gasteiger partial charge on any atom is 0.415 e. The van der Waals surface area contributed by atoms with Crippen LogP contribution < -0.4 is 10.5 Å². The van der Waals surface area contributed by atoms with E-state index in [1.54, 1.807) is 9.47 Å². The summed E-state index contributed by atoms with van der Waals surface area (Å²) in [6.07, 6.45) is -0.0408. The second-order valence-corrected chi connectivity index (χ2v) is 9.09. The number of ether oxygens (including phenoxy) is 1. The van der Waals surface area contributed by atoms with Crippen molar-refractivity contribution in [3.05, 3.63) is 80.0 Å². The maximum absolute atomic E-state index is 13.6. The quantitative estimate of drug-likeness (QED) is 0.360. The van der Waals surface area contributed by atoms with Gasteiger partial charge in [0.25, 0.3) is 5.56 Å². The van der Waals surface area contributed by atoms with Crippen LogP contribution in [0.5, 0.6) is 0 Å². The highest BCUT2D eigenvalue weighted by atomic mass is 35.5. The standard InChI is InChI=1S/C24H20ClF3N6O3/c1-29-14-5-6-15(16(10-14)24(26,27)28)22(35)18-11-30-19-13-32(7-8-33(18)19)17-12-31-34(23(36)21(17)25)20-4-2-3-9-37-20/h5-6,10-12,20H,2-4,7-9,13H2. The molecule has 2 aromatic heterocycles. The molecule has 1 saturated heterocycles. The summed E-state index contributed by atoms with van der Waals surface area (Å²) in [5.41, 5.74) is -2.00. The third-order valence-corrected chi connectivity index (χ3v) is 6.83. The Kier molecular flexibility index (Phi) is 6.51. The van der Waals surface area contributed by atoms with Gasteiger partial charge in [0.05, 0.1) is 36.8 Å². The Bertz CT molecular complexity index is 1470. The molecule has 0 spiro atoms. The topological polar surface area (TPSA) is 86.6 Å². The third kappa shape index (κ3) is 4.60. The number of nitrogens with zero attached hydrogens (tertiary/aromatic N) is 6. The number of aromatic nitrogens is 4. The van der Waals surface area contributed by atoms with Gasteiger partial charge in [-0.25, -0.2) is 9.83 Å². The van der Waals surface area contributed by atoms with Gasteiger partial charge >= 0.3 is 6.18 Å². The molecule has 13 heteroatoms. The lowest BCUT2D eigenvalue weighted by molar-refractivity contribution is -0.137. The minimum atomic E-state index is -4.81. The van der Waals surface area contributed by atoms with Crippen LogP contribution in [-0.4, -0.2) is 38.3 Å². The summed E-state index contributed by atoms with van der Waals surface area (Å²) in [5.74, 6) is -0.414. The number of ketones is 1. The average molecular weight is 533 g/mol. The van der Waals surface area contributed by atoms with Crippen LogP contribution in [0.3, 0.4) is 0 Å². The lowest BCUT2D eigenvalue weighted by atomic mass is 10.0. The van der Waals surface area contributed by atoms with E-state index in [1.165, 1.54) is 23.1 Å². The summed E-state index contributed by atoms with van der Waals surface area (Å²) < 4.78 is 49.3. The molecule has 0 bridgehead atoms. The lowest BCUT2D eigenvalue weighted by Crippen LogP contribution is -2.37. The van der Waals surface area contributed by atoms with Crippen molar-refractivity contribution in [1.82, 2.24) is 19.3 Å². The fourth-order valence-electron chi connectivity index (χ4n) is 4.60. The molecule has 1 aromatic carbocycles. The number of alkyl halides is 3. The molecule has 0 saturated carbocycles. The molecule has 37 heavy (non-hydrogen) atoms. The zero-order valence-electron chi connectivity index (χ0n) is 19.3. The molecular formula is C24H20ClF3N6O3. The first-order chi connectivity index (χ1) is 17.7. The van der Waals surface area contributed by atoms with Gasteiger partial charge in [-0.05, 0) is 25.3 Å². The smallest absolute Gasteiger partial charge is 0.360 e. The van der Waals surface area contributed by atoms with Gasteiger partial charge in [0, 0.05) is 25.3 Å². The number of rotatable bonds is 4. The summed E-state index contributed by atoms with van der Waals surface area (Å²) in [5, 5.41) is 4.24. The molecule has 2 aliphatic heterocycles. The van der Waals surface area contributed by atoms with Crippen LogP contribution in [0.25, 0.3) is 4.85 Å². The van der Waals surface area contributed by atoms with Crippen molar-refractivity contribution in [2.45, 2.75) is 44.8 Å². The molecule has 1 unspecified atom stereocenters. The largest absolute Gasteiger partial charge is 0.415 e. The van der Waals surface area contributed by atoms with E-state index in [2.05, 4.69) is 14.9 Å². The first kappa shape index (κ1) is 25.0. The molecule has 4 heterocycles. The Labute approximate surface area is 213 Å². The highest BCUT2D eigenvalue weighted by Crippen LogP contribution is 2.36. The number of hydrogen-bond acceptors (Lipinski definition) is 6. The second kappa shape index (κ2) is 9.64. The van der Waals surface area contributed by atoms with Crippen molar-refractivity contribution in [2.24, 2.45) is 0 Å². The molecule has 2 aliphatic rings. The molecule has 0 N–H and O–H groups in total. The van der Waals surface area contributed by atoms with E-state index in [-0.39, 0.29) is 29.5 Å². The highest BCUT2D eigenvalue weighted by molar-refractivity contribution is 6.33. The van der Waals surface area contributed by atoms with Crippen LogP contribution in [0.15, 0.2) is 35.4 Å². The Morgan fingerprint density at radius 1 is 1.22 bits per heavy atom. The van der Waals surface area contributed by atoms with Gasteiger partial charge < -0.3 is 14.2 Å². The zero-order valence-corrected chi connectivity index (χ0v) is 20.1. The molecule has 0 aliphatic carbocycles. The predicted molar refractivity (Wildman–Crippen MR) is 127 cm³/mol. The van der Waals surface area contributed by atoms with E-state index < -0.39 is 34.9 Å². The van der Waals surface area contributed by atoms with E-state index in [4.69, 9.17) is 22.9 Å². The normalized spacial score (nSPS) is 17.8. The molecule has 0 amide bonds. The second-order valence-electron chi connectivity index (χ2n) is 8.72. The fourth-order valence-corrected chi connectivity index (χ4v) is 4.85. The first-order valence-electron chi connectivity index (χ1n) is 11.5. The van der Waals surface area contributed by atoms with Gasteiger partial charge in [-0.1, -0.05) is 23.7 Å². The lowest BCUT2D eigenvalue weighted by Gasteiger charge is -2.31. The van der Waals surface area contributed by atoms with Crippen molar-refractivity contribution in [2.75, 3.05) is 18.1 Å². The van der Waals surface area contributed by atoms with Crippen molar-refractivity contribution in [1.29, 1.82) is 0 Å². The van der Waals surface area contributed by atoms with Gasteiger partial charge in [0.1, 0.15) is 16.5 Å². The third-order valence-electron chi connectivity index (χ3n) is 6.47. The predicted octanol–water partition coefficient (Wildman–Crippen LogP) is 4.61. The summed E-state index contributed by atoms with van der Waals surface area (Å²) >= 11 is 6.42. The van der Waals surface area contributed by atoms with Crippen molar-refractivity contribution < 1.29 is 22.7 Å². The Hall–Kier alpha value is -3.69. The molecule has 0 radical (unpaired) electrons. The summed E-state index contributed by atoms with van der Waals surface area (Å²) in [6, 6.07) is 2.87. The molecule has 9 nitrogen and oxygen atoms in total. The molecule has 1 fully saturated rings. The van der Waals surface area contributed by atoms with Crippen LogP contribution in [0.1, 0.15) is 52.9 Å². The van der Waals surface area contributed by atoms with E-state index in [0.717, 1.165) is 18.9 Å². The average Bonchev–Trinajstić information content (AvgIpc) is 3.32. The van der Waals surface area contributed by atoms with Crippen LogP contribution >= 0.6 is 11.6 Å². The number of carbonyl (C=O) groups is 1. The van der Waals surface area contributed by atoms with Crippen LogP contribution in [0.2, 0.25) is 5.02 Å². The van der Waals surface area contributed by atoms with E-state index in [0.29, 0.717) is 37.2 Å². The summed E-state index contributed by atoms with van der Waals surface area (Å²) in [6.45, 7) is 8.23. The highest BCUT2D eigenvalue weighted by Gasteiger charge is 2.37. The van der Waals surface area contributed by atoms with Crippen LogP contribution in [-0.2, 0) is 24.0 Å². The summed E-state index contributed by atoms with van der Waals surface area (Å²) in [4.78, 5) is 35.1. The van der Waals surface area contributed by atoms with Crippen molar-refractivity contribution >= 4 is 28.8 Å². The molecule has 5 rings (SSSR count). The van der Waals surface area contributed by atoms with Crippen LogP contribution in [0, 0.1) is 6.57 Å². The van der Waals surface area contributed by atoms with Gasteiger partial charge in [0.15, 0.2) is 11.9 Å². The number of fused-ring (bicyclic) bond motifs is 1. The molecule has 3 aromatic rings. The summed E-state index contributed by atoms with van der Waals surface area (Å²) in [7, 11) is 0. The van der Waals surface area contributed by atoms with Crippen molar-refractivity contribution in [3.63, 3.8) is 0 Å². The van der Waals surface area contributed by atoms with Crippen LogP contribution in [0.4, 0.5) is 24.5 Å². The molecule has 192 valence electrons. The van der Waals surface area contributed by atoms with E-state index in [9.17, 15) is 22.8 Å². The number of halogens is 4. The molecule has 1 atom stereocenters. The first-order valence-corrected chi connectivity index (χ1v) is 11.9. The number of benzene rings is 1. The van der Waals surface area contributed by atoms with Gasteiger partial charge in [0.2, 0.25) is 5.78 Å². The number of imidazole rings is 1. The fraction of sp³-hybridized carbons (Fsp3) is 0.375. The van der Waals surface area contributed by atoms with Gasteiger partial charge in [-0.2, -0.15) is 23.0 Å². The Balaban J connectivity index is 1.42. The number of carbonyl (C=O) groups excluding carboxylic acids is 1. The SMILES string of the molecule is [C-]#[N+]c1ccc(C(=O)c2cnc3n2CCN(c2cnn(C4CCCCO4)c(=O)c2Cl)C3)c(C(F)(F)F)c1. The van der Waals surface area contributed by atoms with Gasteiger partial charge in [-0.3, -0.25) is 9.59 Å². The number of anilines is 1. The number of hydrogen-bond donors (Lipinski definition) is 0. The van der Waals surface area contributed by atoms with E-state index >= 15 is 0 Å². The Morgan fingerprint density at radius 2 is 2.03 bits per heavy atom. The monoisotopic (exact) mass is 532 g/mol. The zero-order chi connectivity index (χ0) is 26.3. The minimum absolute atomic E-state index is 0.00444. The minimum Gasteiger partial charge on any atom is -0.360 e. The van der Waals surface area contributed by atoms with Gasteiger partial charge in [-0.15, -0.1) is 0 Å². The van der Waals surface area contributed by atoms with Crippen molar-refractivity contribution in [3.8, 4) is 0 Å². The van der Waals surface area contributed by atoms with E-state index in [1.807, 2.05) is 0 Å². The molecular weight excluding hydrogens is 513 g/mol.